The van der Waals surface area contributed by atoms with Gasteiger partial charge in [0.05, 0.1) is 12.3 Å². The van der Waals surface area contributed by atoms with Crippen LogP contribution in [0, 0.1) is 12.8 Å². The van der Waals surface area contributed by atoms with E-state index in [1.165, 1.54) is 24.0 Å². The van der Waals surface area contributed by atoms with Crippen molar-refractivity contribution in [3.8, 4) is 10.6 Å². The predicted octanol–water partition coefficient (Wildman–Crippen LogP) is 3.59. The first kappa shape index (κ1) is 19.8. The lowest BCUT2D eigenvalue weighted by Crippen LogP contribution is -2.41. The lowest BCUT2D eigenvalue weighted by atomic mass is 10.2. The number of likely N-dealkylation sites (N-methyl/N-ethyl adjacent to an activating group) is 1. The highest BCUT2D eigenvalue weighted by atomic mass is 32.1. The highest BCUT2D eigenvalue weighted by molar-refractivity contribution is 7.13. The number of aryl methyl sites for hydroxylation is 1. The first-order valence-electron chi connectivity index (χ1n) is 9.66. The van der Waals surface area contributed by atoms with Gasteiger partial charge in [0.1, 0.15) is 5.01 Å². The zero-order valence-corrected chi connectivity index (χ0v) is 17.4. The van der Waals surface area contributed by atoms with E-state index in [1.807, 2.05) is 14.1 Å². The molecule has 5 nitrogen and oxygen atoms in total. The zero-order valence-electron chi connectivity index (χ0n) is 16.6. The van der Waals surface area contributed by atoms with Crippen molar-refractivity contribution in [2.75, 3.05) is 40.4 Å². The van der Waals surface area contributed by atoms with Crippen LogP contribution in [-0.4, -0.2) is 56.2 Å². The summed E-state index contributed by atoms with van der Waals surface area (Å²) in [6, 6.07) is 8.54. The Labute approximate surface area is 166 Å². The summed E-state index contributed by atoms with van der Waals surface area (Å²) in [6.07, 6.45) is 3.55. The zero-order chi connectivity index (χ0) is 19.1. The molecule has 0 saturated heterocycles. The molecule has 0 atom stereocenters. The minimum atomic E-state index is 0.750. The van der Waals surface area contributed by atoms with Crippen molar-refractivity contribution >= 4 is 17.3 Å². The lowest BCUT2D eigenvalue weighted by Gasteiger charge is -2.21. The summed E-state index contributed by atoms with van der Waals surface area (Å²) in [5, 5.41) is 6.65. The Morgan fingerprint density at radius 1 is 1.33 bits per heavy atom. The summed E-state index contributed by atoms with van der Waals surface area (Å²) in [7, 11) is 3.87. The molecule has 0 aliphatic heterocycles. The molecule has 1 aromatic carbocycles. The quantitative estimate of drug-likeness (QED) is 0.406. The molecule has 0 bridgehead atoms. The standard InChI is InChI=1S/C21H30N4OS/c1-16-4-8-18(9-5-16)20-24-19(15-27-20)10-11-23-21(22-2)25(3)12-13-26-14-17-6-7-17/h4-5,8-9,15,17H,6-7,10-14H2,1-3H3,(H,22,23). The molecule has 27 heavy (non-hydrogen) atoms. The third-order valence-corrected chi connectivity index (χ3v) is 5.65. The molecule has 6 heteroatoms. The van der Waals surface area contributed by atoms with E-state index in [1.54, 1.807) is 11.3 Å². The number of hydrogen-bond donors (Lipinski definition) is 1. The highest BCUT2D eigenvalue weighted by Gasteiger charge is 2.21. The van der Waals surface area contributed by atoms with Gasteiger partial charge in [-0.1, -0.05) is 29.8 Å². The fourth-order valence-electron chi connectivity index (χ4n) is 2.78. The molecule has 1 aliphatic rings. The van der Waals surface area contributed by atoms with E-state index in [4.69, 9.17) is 9.72 Å². The molecule has 0 amide bonds. The van der Waals surface area contributed by atoms with Gasteiger partial charge in [-0.2, -0.15) is 0 Å². The molecular formula is C21H30N4OS. The van der Waals surface area contributed by atoms with E-state index in [2.05, 4.69) is 51.8 Å². The Hall–Kier alpha value is -1.92. The maximum absolute atomic E-state index is 5.72. The van der Waals surface area contributed by atoms with Crippen molar-refractivity contribution in [3.05, 3.63) is 40.9 Å². The topological polar surface area (TPSA) is 49.8 Å². The van der Waals surface area contributed by atoms with Gasteiger partial charge < -0.3 is 15.0 Å². The number of hydrogen-bond acceptors (Lipinski definition) is 4. The number of aliphatic imine (C=N–C) groups is 1. The molecule has 1 aromatic heterocycles. The van der Waals surface area contributed by atoms with Crippen molar-refractivity contribution in [1.29, 1.82) is 0 Å². The molecule has 1 fully saturated rings. The summed E-state index contributed by atoms with van der Waals surface area (Å²) in [5.41, 5.74) is 3.58. The summed E-state index contributed by atoms with van der Waals surface area (Å²) >= 11 is 1.70. The smallest absolute Gasteiger partial charge is 0.193 e. The van der Waals surface area contributed by atoms with Gasteiger partial charge in [0.15, 0.2) is 5.96 Å². The Morgan fingerprint density at radius 3 is 2.81 bits per heavy atom. The van der Waals surface area contributed by atoms with Crippen LogP contribution >= 0.6 is 11.3 Å². The third kappa shape index (κ3) is 6.33. The Morgan fingerprint density at radius 2 is 2.11 bits per heavy atom. The van der Waals surface area contributed by atoms with Crippen LogP contribution in [0.5, 0.6) is 0 Å². The molecule has 0 spiro atoms. The highest BCUT2D eigenvalue weighted by Crippen LogP contribution is 2.28. The molecule has 0 unspecified atom stereocenters. The van der Waals surface area contributed by atoms with Gasteiger partial charge in [-0.15, -0.1) is 11.3 Å². The number of ether oxygens (including phenoxy) is 1. The van der Waals surface area contributed by atoms with Gasteiger partial charge in [0.2, 0.25) is 0 Å². The number of thiazole rings is 1. The minimum absolute atomic E-state index is 0.750. The first-order chi connectivity index (χ1) is 13.2. The summed E-state index contributed by atoms with van der Waals surface area (Å²) in [4.78, 5) is 11.2. The summed E-state index contributed by atoms with van der Waals surface area (Å²) in [5.74, 6) is 1.72. The van der Waals surface area contributed by atoms with Crippen LogP contribution < -0.4 is 5.32 Å². The van der Waals surface area contributed by atoms with Crippen LogP contribution in [0.3, 0.4) is 0 Å². The molecule has 0 radical (unpaired) electrons. The van der Waals surface area contributed by atoms with Crippen LogP contribution in [-0.2, 0) is 11.2 Å². The molecule has 2 aromatic rings. The number of benzene rings is 1. The Kier molecular flexibility index (Phi) is 7.24. The molecule has 1 N–H and O–H groups in total. The summed E-state index contributed by atoms with van der Waals surface area (Å²) < 4.78 is 5.72. The van der Waals surface area contributed by atoms with Crippen LogP contribution in [0.2, 0.25) is 0 Å². The maximum atomic E-state index is 5.72. The van der Waals surface area contributed by atoms with E-state index in [-0.39, 0.29) is 0 Å². The fraction of sp³-hybridized carbons (Fsp3) is 0.524. The van der Waals surface area contributed by atoms with E-state index < -0.39 is 0 Å². The number of nitrogens with zero attached hydrogens (tertiary/aromatic N) is 3. The Balaban J connectivity index is 1.40. The first-order valence-corrected chi connectivity index (χ1v) is 10.5. The van der Waals surface area contributed by atoms with Crippen molar-refractivity contribution in [2.45, 2.75) is 26.2 Å². The second-order valence-electron chi connectivity index (χ2n) is 7.17. The second kappa shape index (κ2) is 9.85. The van der Waals surface area contributed by atoms with Crippen LogP contribution in [0.1, 0.15) is 24.1 Å². The monoisotopic (exact) mass is 386 g/mol. The van der Waals surface area contributed by atoms with Crippen molar-refractivity contribution < 1.29 is 4.74 Å². The third-order valence-electron chi connectivity index (χ3n) is 4.71. The van der Waals surface area contributed by atoms with Gasteiger partial charge in [-0.25, -0.2) is 4.98 Å². The van der Waals surface area contributed by atoms with Crippen LogP contribution in [0.4, 0.5) is 0 Å². The maximum Gasteiger partial charge on any atom is 0.193 e. The lowest BCUT2D eigenvalue weighted by molar-refractivity contribution is 0.115. The van der Waals surface area contributed by atoms with E-state index in [9.17, 15) is 0 Å². The van der Waals surface area contributed by atoms with E-state index >= 15 is 0 Å². The number of rotatable bonds is 9. The molecule has 1 saturated carbocycles. The van der Waals surface area contributed by atoms with Gasteiger partial charge in [0, 0.05) is 51.2 Å². The molecule has 3 rings (SSSR count). The van der Waals surface area contributed by atoms with Crippen LogP contribution in [0.15, 0.2) is 34.6 Å². The SMILES string of the molecule is CN=C(NCCc1csc(-c2ccc(C)cc2)n1)N(C)CCOCC1CC1. The van der Waals surface area contributed by atoms with Gasteiger partial charge in [-0.05, 0) is 25.7 Å². The largest absolute Gasteiger partial charge is 0.379 e. The molecular weight excluding hydrogens is 356 g/mol. The summed E-state index contributed by atoms with van der Waals surface area (Å²) in [6.45, 7) is 5.43. The molecule has 1 heterocycles. The Bertz CT molecular complexity index is 737. The predicted molar refractivity (Wildman–Crippen MR) is 114 cm³/mol. The van der Waals surface area contributed by atoms with Crippen molar-refractivity contribution in [2.24, 2.45) is 10.9 Å². The molecule has 146 valence electrons. The number of aromatic nitrogens is 1. The van der Waals surface area contributed by atoms with Crippen molar-refractivity contribution in [1.82, 2.24) is 15.2 Å². The number of guanidine groups is 1. The van der Waals surface area contributed by atoms with Gasteiger partial charge >= 0.3 is 0 Å². The fourth-order valence-corrected chi connectivity index (χ4v) is 3.64. The van der Waals surface area contributed by atoms with E-state index in [0.717, 1.165) is 55.3 Å². The van der Waals surface area contributed by atoms with Crippen LogP contribution in [0.25, 0.3) is 10.6 Å². The normalized spacial score (nSPS) is 14.4. The van der Waals surface area contributed by atoms with E-state index in [0.29, 0.717) is 0 Å². The van der Waals surface area contributed by atoms with Crippen molar-refractivity contribution in [3.63, 3.8) is 0 Å². The minimum Gasteiger partial charge on any atom is -0.379 e. The molecule has 1 aliphatic carbocycles. The average molecular weight is 387 g/mol. The second-order valence-corrected chi connectivity index (χ2v) is 8.03. The average Bonchev–Trinajstić information content (AvgIpc) is 3.39. The number of nitrogens with one attached hydrogen (secondary N) is 1. The van der Waals surface area contributed by atoms with Gasteiger partial charge in [-0.3, -0.25) is 4.99 Å². The van der Waals surface area contributed by atoms with Gasteiger partial charge in [0.25, 0.3) is 0 Å².